The Morgan fingerprint density at radius 3 is 2.54 bits per heavy atom. The maximum absolute atomic E-state index is 12.5. The molecule has 1 aromatic heterocycles. The first-order valence-corrected chi connectivity index (χ1v) is 10.1. The number of methoxy groups -OCH3 is 2. The monoisotopic (exact) mass is 409 g/mol. The van der Waals surface area contributed by atoms with Gasteiger partial charge in [0.05, 0.1) is 32.6 Å². The van der Waals surface area contributed by atoms with Gasteiger partial charge in [-0.1, -0.05) is 0 Å². The summed E-state index contributed by atoms with van der Waals surface area (Å²) >= 11 is 0. The first-order chi connectivity index (χ1) is 13.4. The minimum absolute atomic E-state index is 0.0730. The molecule has 0 atom stereocenters. The van der Waals surface area contributed by atoms with Crippen molar-refractivity contribution in [2.24, 2.45) is 0 Å². The molecule has 0 bridgehead atoms. The van der Waals surface area contributed by atoms with Crippen molar-refractivity contribution in [2.75, 3.05) is 52.3 Å². The zero-order valence-electron chi connectivity index (χ0n) is 15.7. The number of sulfonamides is 1. The number of carbonyl (C=O) groups is 1. The van der Waals surface area contributed by atoms with Gasteiger partial charge in [-0.15, -0.1) is 0 Å². The molecule has 1 aliphatic rings. The molecule has 2 heterocycles. The summed E-state index contributed by atoms with van der Waals surface area (Å²) in [5.41, 5.74) is 0.521. The Morgan fingerprint density at radius 1 is 1.18 bits per heavy atom. The highest BCUT2D eigenvalue weighted by Crippen LogP contribution is 2.28. The number of nitrogens with one attached hydrogen (secondary N) is 2. The van der Waals surface area contributed by atoms with Gasteiger partial charge in [0, 0.05) is 32.2 Å². The molecule has 2 N–H and O–H groups in total. The largest absolute Gasteiger partial charge is 0.497 e. The third-order valence-electron chi connectivity index (χ3n) is 4.47. The molecule has 152 valence electrons. The average molecular weight is 409 g/mol. The molecule has 1 aliphatic heterocycles. The van der Waals surface area contributed by atoms with Gasteiger partial charge in [-0.25, -0.2) is 8.42 Å². The summed E-state index contributed by atoms with van der Waals surface area (Å²) in [5.74, 6) is 0.926. The van der Waals surface area contributed by atoms with Crippen molar-refractivity contribution in [3.63, 3.8) is 0 Å². The number of rotatable bonds is 7. The van der Waals surface area contributed by atoms with Crippen molar-refractivity contribution in [1.82, 2.24) is 19.4 Å². The SMILES string of the molecule is COc1ccc(OC)c(NC(=O)CN2CCN(S(=O)(=O)c3ccn[nH]3)CC2)c1. The van der Waals surface area contributed by atoms with Crippen LogP contribution in [0.5, 0.6) is 11.5 Å². The smallest absolute Gasteiger partial charge is 0.260 e. The third-order valence-corrected chi connectivity index (χ3v) is 6.30. The second kappa shape index (κ2) is 8.59. The molecule has 0 spiro atoms. The Balaban J connectivity index is 1.56. The Kier molecular flexibility index (Phi) is 6.17. The van der Waals surface area contributed by atoms with Crippen LogP contribution in [0.4, 0.5) is 5.69 Å². The number of nitrogens with zero attached hydrogens (tertiary/aromatic N) is 3. The fourth-order valence-corrected chi connectivity index (χ4v) is 4.28. The number of amides is 1. The minimum Gasteiger partial charge on any atom is -0.497 e. The zero-order chi connectivity index (χ0) is 20.1. The highest BCUT2D eigenvalue weighted by Gasteiger charge is 2.30. The summed E-state index contributed by atoms with van der Waals surface area (Å²) in [6, 6.07) is 6.57. The zero-order valence-corrected chi connectivity index (χ0v) is 16.5. The Labute approximate surface area is 163 Å². The fourth-order valence-electron chi connectivity index (χ4n) is 2.96. The molecule has 0 aliphatic carbocycles. The number of ether oxygens (including phenoxy) is 2. The van der Waals surface area contributed by atoms with E-state index in [4.69, 9.17) is 9.47 Å². The number of piperazine rings is 1. The molecule has 2 aromatic rings. The number of aromatic nitrogens is 2. The topological polar surface area (TPSA) is 117 Å². The van der Waals surface area contributed by atoms with Crippen LogP contribution in [0.15, 0.2) is 35.5 Å². The van der Waals surface area contributed by atoms with Crippen molar-refractivity contribution in [3.05, 3.63) is 30.5 Å². The predicted octanol–water partition coefficient (Wildman–Crippen LogP) is 0.372. The second-order valence-electron chi connectivity index (χ2n) is 6.22. The van der Waals surface area contributed by atoms with E-state index in [0.717, 1.165) is 0 Å². The van der Waals surface area contributed by atoms with Gasteiger partial charge in [-0.3, -0.25) is 14.8 Å². The molecule has 28 heavy (non-hydrogen) atoms. The molecule has 1 fully saturated rings. The second-order valence-corrected chi connectivity index (χ2v) is 8.12. The highest BCUT2D eigenvalue weighted by atomic mass is 32.2. The van der Waals surface area contributed by atoms with E-state index in [1.807, 2.05) is 4.90 Å². The Morgan fingerprint density at radius 2 is 1.93 bits per heavy atom. The van der Waals surface area contributed by atoms with Crippen molar-refractivity contribution >= 4 is 21.6 Å². The van der Waals surface area contributed by atoms with Gasteiger partial charge in [0.1, 0.15) is 11.5 Å². The Bertz CT molecular complexity index is 908. The van der Waals surface area contributed by atoms with Crippen LogP contribution >= 0.6 is 0 Å². The summed E-state index contributed by atoms with van der Waals surface area (Å²) in [6.45, 7) is 1.67. The molecular weight excluding hydrogens is 386 g/mol. The van der Waals surface area contributed by atoms with Crippen LogP contribution in [0.1, 0.15) is 0 Å². The minimum atomic E-state index is -3.58. The van der Waals surface area contributed by atoms with Gasteiger partial charge in [0.2, 0.25) is 5.91 Å². The van der Waals surface area contributed by atoms with Crippen LogP contribution in [-0.2, 0) is 14.8 Å². The maximum atomic E-state index is 12.5. The molecule has 10 nitrogen and oxygen atoms in total. The average Bonchev–Trinajstić information content (AvgIpc) is 3.24. The van der Waals surface area contributed by atoms with Crippen LogP contribution in [0.25, 0.3) is 0 Å². The number of benzene rings is 1. The van der Waals surface area contributed by atoms with Gasteiger partial charge in [-0.05, 0) is 18.2 Å². The highest BCUT2D eigenvalue weighted by molar-refractivity contribution is 7.89. The van der Waals surface area contributed by atoms with Crippen LogP contribution in [0, 0.1) is 0 Å². The van der Waals surface area contributed by atoms with Gasteiger partial charge < -0.3 is 14.8 Å². The van der Waals surface area contributed by atoms with Crippen molar-refractivity contribution in [2.45, 2.75) is 5.03 Å². The fraction of sp³-hybridized carbons (Fsp3) is 0.412. The van der Waals surface area contributed by atoms with E-state index in [-0.39, 0.29) is 17.5 Å². The summed E-state index contributed by atoms with van der Waals surface area (Å²) in [4.78, 5) is 14.3. The maximum Gasteiger partial charge on any atom is 0.260 e. The molecule has 0 unspecified atom stereocenters. The van der Waals surface area contributed by atoms with Gasteiger partial charge in [0.25, 0.3) is 10.0 Å². The Hall–Kier alpha value is -2.63. The lowest BCUT2D eigenvalue weighted by Gasteiger charge is -2.33. The van der Waals surface area contributed by atoms with E-state index in [2.05, 4.69) is 15.5 Å². The summed E-state index contributed by atoms with van der Waals surface area (Å²) in [7, 11) is -0.508. The quantitative estimate of drug-likeness (QED) is 0.679. The summed E-state index contributed by atoms with van der Waals surface area (Å²) in [5, 5.41) is 9.07. The van der Waals surface area contributed by atoms with E-state index in [1.165, 1.54) is 23.7 Å². The van der Waals surface area contributed by atoms with Crippen molar-refractivity contribution in [1.29, 1.82) is 0 Å². The number of aromatic amines is 1. The van der Waals surface area contributed by atoms with Crippen molar-refractivity contribution < 1.29 is 22.7 Å². The molecule has 0 saturated carbocycles. The van der Waals surface area contributed by atoms with E-state index >= 15 is 0 Å². The molecular formula is C17H23N5O5S. The number of anilines is 1. The van der Waals surface area contributed by atoms with Crippen LogP contribution in [0.3, 0.4) is 0 Å². The van der Waals surface area contributed by atoms with Crippen LogP contribution < -0.4 is 14.8 Å². The predicted molar refractivity (Wildman–Crippen MR) is 102 cm³/mol. The molecule has 11 heteroatoms. The molecule has 1 aromatic carbocycles. The summed E-state index contributed by atoms with van der Waals surface area (Å²) in [6.07, 6.45) is 1.40. The molecule has 1 amide bonds. The standard InChI is InChI=1S/C17H23N5O5S/c1-26-13-3-4-15(27-2)14(11-13)19-16(23)12-21-7-9-22(10-8-21)28(24,25)17-5-6-18-20-17/h3-6,11H,7-10,12H2,1-2H3,(H,18,20)(H,19,23). The van der Waals surface area contributed by atoms with Crippen LogP contribution in [-0.4, -0.2) is 80.7 Å². The summed E-state index contributed by atoms with van der Waals surface area (Å²) < 4.78 is 36.8. The lowest BCUT2D eigenvalue weighted by atomic mass is 10.2. The van der Waals surface area contributed by atoms with E-state index in [0.29, 0.717) is 43.4 Å². The normalized spacial score (nSPS) is 15.9. The molecule has 3 rings (SSSR count). The number of hydrogen-bond donors (Lipinski definition) is 2. The first kappa shape index (κ1) is 20.1. The first-order valence-electron chi connectivity index (χ1n) is 8.68. The van der Waals surface area contributed by atoms with Gasteiger partial charge >= 0.3 is 0 Å². The third kappa shape index (κ3) is 4.43. The lowest BCUT2D eigenvalue weighted by Crippen LogP contribution is -2.50. The molecule has 0 radical (unpaired) electrons. The number of carbonyl (C=O) groups excluding carboxylic acids is 1. The number of hydrogen-bond acceptors (Lipinski definition) is 7. The van der Waals surface area contributed by atoms with Crippen LogP contribution in [0.2, 0.25) is 0 Å². The van der Waals surface area contributed by atoms with Crippen molar-refractivity contribution in [3.8, 4) is 11.5 Å². The number of H-pyrrole nitrogens is 1. The van der Waals surface area contributed by atoms with Gasteiger partial charge in [0.15, 0.2) is 5.03 Å². The van der Waals surface area contributed by atoms with E-state index < -0.39 is 10.0 Å². The van der Waals surface area contributed by atoms with E-state index in [1.54, 1.807) is 25.3 Å². The van der Waals surface area contributed by atoms with E-state index in [9.17, 15) is 13.2 Å². The molecule has 1 saturated heterocycles. The lowest BCUT2D eigenvalue weighted by molar-refractivity contribution is -0.117. The van der Waals surface area contributed by atoms with Gasteiger partial charge in [-0.2, -0.15) is 9.40 Å².